The van der Waals surface area contributed by atoms with Crippen molar-refractivity contribution in [1.29, 1.82) is 0 Å². The quantitative estimate of drug-likeness (QED) is 0.890. The van der Waals surface area contributed by atoms with Crippen molar-refractivity contribution in [3.63, 3.8) is 0 Å². The normalized spacial score (nSPS) is 11.2. The van der Waals surface area contributed by atoms with Crippen LogP contribution in [0.1, 0.15) is 35.8 Å². The molecule has 0 aliphatic rings. The van der Waals surface area contributed by atoms with Crippen molar-refractivity contribution in [3.05, 3.63) is 41.1 Å². The third-order valence-electron chi connectivity index (χ3n) is 2.69. The van der Waals surface area contributed by atoms with Gasteiger partial charge in [0.15, 0.2) is 11.6 Å². The van der Waals surface area contributed by atoms with Crippen LogP contribution >= 0.6 is 0 Å². The number of carboxylic acids is 1. The maximum Gasteiger partial charge on any atom is 0.336 e. The molecule has 18 heavy (non-hydrogen) atoms. The zero-order valence-electron chi connectivity index (χ0n) is 9.87. The van der Waals surface area contributed by atoms with Crippen molar-refractivity contribution >= 4 is 16.9 Å². The minimum absolute atomic E-state index is 0.000569. The molecule has 3 nitrogen and oxygen atoms in total. The lowest BCUT2D eigenvalue weighted by Gasteiger charge is -2.09. The molecule has 0 amide bonds. The van der Waals surface area contributed by atoms with Gasteiger partial charge in [-0.15, -0.1) is 0 Å². The Labute approximate surface area is 102 Å². The molecule has 94 valence electrons. The van der Waals surface area contributed by atoms with Crippen LogP contribution in [0.15, 0.2) is 18.2 Å². The number of pyridine rings is 1. The van der Waals surface area contributed by atoms with E-state index in [0.717, 1.165) is 12.1 Å². The molecular weight excluding hydrogens is 240 g/mol. The minimum Gasteiger partial charge on any atom is -0.478 e. The Bertz CT molecular complexity index is 638. The predicted molar refractivity (Wildman–Crippen MR) is 62.7 cm³/mol. The summed E-state index contributed by atoms with van der Waals surface area (Å²) in [5, 5.41) is 9.21. The molecule has 0 saturated carbocycles. The number of fused-ring (bicyclic) bond motifs is 1. The Kier molecular flexibility index (Phi) is 2.98. The topological polar surface area (TPSA) is 50.2 Å². The SMILES string of the molecule is CC(C)c1cc(C(=O)O)c2cc(F)c(F)cc2n1. The number of carbonyl (C=O) groups is 1. The van der Waals surface area contributed by atoms with Gasteiger partial charge in [-0.2, -0.15) is 0 Å². The Hall–Kier alpha value is -2.04. The van der Waals surface area contributed by atoms with Gasteiger partial charge in [-0.3, -0.25) is 4.98 Å². The molecule has 1 aromatic heterocycles. The number of hydrogen-bond acceptors (Lipinski definition) is 2. The molecule has 1 N–H and O–H groups in total. The zero-order chi connectivity index (χ0) is 13.4. The van der Waals surface area contributed by atoms with Crippen LogP contribution < -0.4 is 0 Å². The van der Waals surface area contributed by atoms with E-state index in [1.807, 2.05) is 13.8 Å². The molecule has 0 atom stereocenters. The van der Waals surface area contributed by atoms with Crippen LogP contribution in [0, 0.1) is 11.6 Å². The second-order valence-electron chi connectivity index (χ2n) is 4.34. The lowest BCUT2D eigenvalue weighted by Crippen LogP contribution is -2.04. The maximum absolute atomic E-state index is 13.2. The van der Waals surface area contributed by atoms with Crippen molar-refractivity contribution in [2.45, 2.75) is 19.8 Å². The zero-order valence-corrected chi connectivity index (χ0v) is 9.87. The summed E-state index contributed by atoms with van der Waals surface area (Å²) in [6.45, 7) is 3.69. The number of aromatic carboxylic acids is 1. The summed E-state index contributed by atoms with van der Waals surface area (Å²) >= 11 is 0. The van der Waals surface area contributed by atoms with Crippen LogP contribution in [-0.2, 0) is 0 Å². The summed E-state index contributed by atoms with van der Waals surface area (Å²) in [6.07, 6.45) is 0. The average Bonchev–Trinajstić information content (AvgIpc) is 2.29. The number of nitrogens with zero attached hydrogens (tertiary/aromatic N) is 1. The van der Waals surface area contributed by atoms with Gasteiger partial charge in [0, 0.05) is 17.1 Å². The molecule has 1 aromatic carbocycles. The van der Waals surface area contributed by atoms with E-state index in [4.69, 9.17) is 5.11 Å². The fourth-order valence-electron chi connectivity index (χ4n) is 1.71. The third-order valence-corrected chi connectivity index (χ3v) is 2.69. The maximum atomic E-state index is 13.2. The van der Waals surface area contributed by atoms with E-state index < -0.39 is 17.6 Å². The Balaban J connectivity index is 2.85. The lowest BCUT2D eigenvalue weighted by molar-refractivity contribution is 0.0699. The van der Waals surface area contributed by atoms with Gasteiger partial charge in [0.25, 0.3) is 0 Å². The monoisotopic (exact) mass is 251 g/mol. The summed E-state index contributed by atoms with van der Waals surface area (Å²) in [5.74, 6) is -3.30. The third kappa shape index (κ3) is 2.03. The molecule has 0 bridgehead atoms. The fraction of sp³-hybridized carbons (Fsp3) is 0.231. The number of rotatable bonds is 2. The van der Waals surface area contributed by atoms with Gasteiger partial charge in [-0.25, -0.2) is 13.6 Å². The summed E-state index contributed by atoms with van der Waals surface area (Å²) in [7, 11) is 0. The van der Waals surface area contributed by atoms with Crippen LogP contribution in [0.5, 0.6) is 0 Å². The standard InChI is InChI=1S/C13H11F2NO2/c1-6(2)11-4-8(13(17)18)7-3-9(14)10(15)5-12(7)16-11/h3-6H,1-2H3,(H,17,18). The highest BCUT2D eigenvalue weighted by Crippen LogP contribution is 2.24. The molecule has 2 rings (SSSR count). The van der Waals surface area contributed by atoms with Crippen molar-refractivity contribution in [3.8, 4) is 0 Å². The van der Waals surface area contributed by atoms with Gasteiger partial charge in [0.2, 0.25) is 0 Å². The molecular formula is C13H11F2NO2. The number of aromatic nitrogens is 1. The first-order valence-corrected chi connectivity index (χ1v) is 5.43. The molecule has 0 saturated heterocycles. The van der Waals surface area contributed by atoms with Crippen molar-refractivity contribution < 1.29 is 18.7 Å². The van der Waals surface area contributed by atoms with Crippen molar-refractivity contribution in [1.82, 2.24) is 4.98 Å². The molecule has 0 unspecified atom stereocenters. The van der Waals surface area contributed by atoms with Crippen molar-refractivity contribution in [2.75, 3.05) is 0 Å². The van der Waals surface area contributed by atoms with Gasteiger partial charge < -0.3 is 5.11 Å². The molecule has 0 aliphatic heterocycles. The second kappa shape index (κ2) is 4.33. The summed E-state index contributed by atoms with van der Waals surface area (Å²) in [5.41, 5.74) is 0.617. The van der Waals surface area contributed by atoms with Crippen LogP contribution in [0.2, 0.25) is 0 Å². The molecule has 0 radical (unpaired) electrons. The minimum atomic E-state index is -1.18. The van der Waals surface area contributed by atoms with Gasteiger partial charge >= 0.3 is 5.97 Å². The Morgan fingerprint density at radius 1 is 1.22 bits per heavy atom. The number of carboxylic acid groups (broad SMARTS) is 1. The highest BCUT2D eigenvalue weighted by molar-refractivity contribution is 6.02. The van der Waals surface area contributed by atoms with Gasteiger partial charge in [0.1, 0.15) is 0 Å². The van der Waals surface area contributed by atoms with E-state index in [2.05, 4.69) is 4.98 Å². The average molecular weight is 251 g/mol. The molecule has 5 heteroatoms. The van der Waals surface area contributed by atoms with Crippen molar-refractivity contribution in [2.24, 2.45) is 0 Å². The van der Waals surface area contributed by atoms with Gasteiger partial charge in [-0.1, -0.05) is 13.8 Å². The van der Waals surface area contributed by atoms with E-state index in [9.17, 15) is 13.6 Å². The second-order valence-corrected chi connectivity index (χ2v) is 4.34. The molecule has 0 fully saturated rings. The molecule has 0 aliphatic carbocycles. The predicted octanol–water partition coefficient (Wildman–Crippen LogP) is 3.33. The summed E-state index contributed by atoms with van der Waals surface area (Å²) in [6, 6.07) is 3.18. The fourth-order valence-corrected chi connectivity index (χ4v) is 1.71. The Morgan fingerprint density at radius 2 is 1.83 bits per heavy atom. The molecule has 2 aromatic rings. The van der Waals surface area contributed by atoms with E-state index in [-0.39, 0.29) is 22.4 Å². The first kappa shape index (κ1) is 12.4. The highest BCUT2D eigenvalue weighted by atomic mass is 19.2. The van der Waals surface area contributed by atoms with Crippen LogP contribution in [-0.4, -0.2) is 16.1 Å². The Morgan fingerprint density at radius 3 is 2.39 bits per heavy atom. The summed E-state index contributed by atoms with van der Waals surface area (Å²) < 4.78 is 26.3. The van der Waals surface area contributed by atoms with E-state index >= 15 is 0 Å². The highest BCUT2D eigenvalue weighted by Gasteiger charge is 2.16. The van der Waals surface area contributed by atoms with Gasteiger partial charge in [0.05, 0.1) is 11.1 Å². The largest absolute Gasteiger partial charge is 0.478 e. The first-order chi connectivity index (χ1) is 8.40. The van der Waals surface area contributed by atoms with E-state index in [0.29, 0.717) is 5.69 Å². The summed E-state index contributed by atoms with van der Waals surface area (Å²) in [4.78, 5) is 15.3. The van der Waals surface area contributed by atoms with Gasteiger partial charge in [-0.05, 0) is 18.1 Å². The molecule has 1 heterocycles. The first-order valence-electron chi connectivity index (χ1n) is 5.43. The lowest BCUT2D eigenvalue weighted by atomic mass is 10.0. The van der Waals surface area contributed by atoms with E-state index in [1.165, 1.54) is 6.07 Å². The van der Waals surface area contributed by atoms with Crippen LogP contribution in [0.3, 0.4) is 0 Å². The van der Waals surface area contributed by atoms with E-state index in [1.54, 1.807) is 0 Å². The van der Waals surface area contributed by atoms with Crippen LogP contribution in [0.4, 0.5) is 8.78 Å². The smallest absolute Gasteiger partial charge is 0.336 e. The number of hydrogen-bond donors (Lipinski definition) is 1. The molecule has 0 spiro atoms. The number of halogens is 2. The number of benzene rings is 1. The van der Waals surface area contributed by atoms with Crippen LogP contribution in [0.25, 0.3) is 10.9 Å².